The molecule has 0 saturated carbocycles. The maximum Gasteiger partial charge on any atom is 0.273 e. The number of nitrogens with zero attached hydrogens (tertiary/aromatic N) is 3. The Morgan fingerprint density at radius 1 is 1.16 bits per heavy atom. The Morgan fingerprint density at radius 3 is 2.77 bits per heavy atom. The van der Waals surface area contributed by atoms with E-state index in [-0.39, 0.29) is 22.8 Å². The Balaban J connectivity index is 0.972. The smallest absolute Gasteiger partial charge is 0.273 e. The van der Waals surface area contributed by atoms with Gasteiger partial charge in [0, 0.05) is 49.6 Å². The third kappa shape index (κ3) is 6.87. The molecule has 1 amide bonds. The maximum absolute atomic E-state index is 13.0. The molecule has 2 fully saturated rings. The number of phenols is 1. The lowest BCUT2D eigenvalue weighted by Crippen LogP contribution is -2.58. The molecule has 6 rings (SSSR count). The van der Waals surface area contributed by atoms with E-state index in [0.717, 1.165) is 43.9 Å². The van der Waals surface area contributed by atoms with Crippen LogP contribution in [-0.2, 0) is 17.7 Å². The first-order chi connectivity index (χ1) is 21.3. The molecule has 1 spiro atoms. The van der Waals surface area contributed by atoms with Crippen LogP contribution in [0.25, 0.3) is 10.9 Å². The molecule has 2 aromatic carbocycles. The Hall–Kier alpha value is -3.61. The summed E-state index contributed by atoms with van der Waals surface area (Å²) in [5, 5.41) is 27.6. The van der Waals surface area contributed by atoms with Crippen molar-refractivity contribution in [3.05, 3.63) is 91.7 Å². The number of aromatic hydroxyl groups is 1. The number of aliphatic hydroxyl groups is 1. The van der Waals surface area contributed by atoms with Crippen LogP contribution in [0.3, 0.4) is 0 Å². The number of hydrogen-bond acceptors (Lipinski definition) is 9. The number of H-pyrrole nitrogens is 1. The first-order valence-electron chi connectivity index (χ1n) is 15.2. The average molecular weight is 618 g/mol. The van der Waals surface area contributed by atoms with Crippen LogP contribution < -0.4 is 10.9 Å². The van der Waals surface area contributed by atoms with Crippen molar-refractivity contribution in [2.75, 3.05) is 45.9 Å². The minimum Gasteiger partial charge on any atom is -0.506 e. The summed E-state index contributed by atoms with van der Waals surface area (Å²) in [6, 6.07) is 14.8. The number of aromatic nitrogens is 2. The number of fused-ring (bicyclic) bond motifs is 1. The molecule has 4 heterocycles. The molecule has 1 unspecified atom stereocenters. The summed E-state index contributed by atoms with van der Waals surface area (Å²) in [4.78, 5) is 36.1. The summed E-state index contributed by atoms with van der Waals surface area (Å²) in [5.74, 6) is -0.0136. The molecule has 4 N–H and O–H groups in total. The molecule has 2 saturated heterocycles. The molecule has 0 bridgehead atoms. The Kier molecular flexibility index (Phi) is 9.11. The fourth-order valence-electron chi connectivity index (χ4n) is 6.34. The Morgan fingerprint density at radius 2 is 1.98 bits per heavy atom. The number of benzene rings is 2. The highest BCUT2D eigenvalue weighted by molar-refractivity contribution is 7.09. The molecule has 10 nitrogen and oxygen atoms in total. The van der Waals surface area contributed by atoms with Crippen molar-refractivity contribution < 1.29 is 19.7 Å². The van der Waals surface area contributed by atoms with Gasteiger partial charge in [-0.25, -0.2) is 4.98 Å². The first kappa shape index (κ1) is 30.4. The average Bonchev–Trinajstić information content (AvgIpc) is 3.47. The van der Waals surface area contributed by atoms with Gasteiger partial charge in [-0.15, -0.1) is 11.3 Å². The lowest BCUT2D eigenvalue weighted by molar-refractivity contribution is -0.128. The van der Waals surface area contributed by atoms with Crippen LogP contribution >= 0.6 is 11.3 Å². The van der Waals surface area contributed by atoms with Crippen molar-refractivity contribution in [3.8, 4) is 5.75 Å². The number of amides is 1. The molecule has 4 aromatic rings. The molecule has 1 atom stereocenters. The van der Waals surface area contributed by atoms with E-state index >= 15 is 0 Å². The molecule has 232 valence electrons. The number of morpholine rings is 1. The second-order valence-corrected chi connectivity index (χ2v) is 12.9. The lowest BCUT2D eigenvalue weighted by Gasteiger charge is -2.47. The number of ether oxygens (including phenoxy) is 1. The molecule has 2 aliphatic heterocycles. The number of phenolic OH excluding ortho intramolecular Hbond substituents is 1. The van der Waals surface area contributed by atoms with Crippen molar-refractivity contribution in [2.45, 2.75) is 44.4 Å². The van der Waals surface area contributed by atoms with Gasteiger partial charge in [-0.05, 0) is 61.6 Å². The minimum absolute atomic E-state index is 0.00619. The Labute approximate surface area is 260 Å². The Bertz CT molecular complexity index is 1680. The van der Waals surface area contributed by atoms with Crippen molar-refractivity contribution in [2.24, 2.45) is 0 Å². The van der Waals surface area contributed by atoms with Crippen molar-refractivity contribution >= 4 is 28.1 Å². The van der Waals surface area contributed by atoms with Crippen LogP contribution in [0.15, 0.2) is 58.7 Å². The van der Waals surface area contributed by atoms with Crippen molar-refractivity contribution in [1.82, 2.24) is 25.1 Å². The van der Waals surface area contributed by atoms with Gasteiger partial charge >= 0.3 is 0 Å². The zero-order valence-corrected chi connectivity index (χ0v) is 25.7. The molecule has 2 aliphatic rings. The minimum atomic E-state index is -0.785. The van der Waals surface area contributed by atoms with Gasteiger partial charge in [0.2, 0.25) is 5.56 Å². The van der Waals surface area contributed by atoms with Gasteiger partial charge in [-0.2, -0.15) is 0 Å². The summed E-state index contributed by atoms with van der Waals surface area (Å²) >= 11 is 1.51. The van der Waals surface area contributed by atoms with Crippen molar-refractivity contribution in [3.63, 3.8) is 0 Å². The lowest BCUT2D eigenvalue weighted by atomic mass is 9.89. The molecule has 0 aliphatic carbocycles. The largest absolute Gasteiger partial charge is 0.506 e. The number of pyridine rings is 1. The highest BCUT2D eigenvalue weighted by Gasteiger charge is 2.41. The second-order valence-electron chi connectivity index (χ2n) is 11.9. The number of aromatic amines is 1. The van der Waals surface area contributed by atoms with Gasteiger partial charge in [0.15, 0.2) is 0 Å². The summed E-state index contributed by atoms with van der Waals surface area (Å²) in [6.45, 7) is 7.47. The van der Waals surface area contributed by atoms with Gasteiger partial charge in [0.25, 0.3) is 5.91 Å². The summed E-state index contributed by atoms with van der Waals surface area (Å²) < 4.78 is 6.29. The van der Waals surface area contributed by atoms with E-state index in [0.29, 0.717) is 54.9 Å². The zero-order valence-electron chi connectivity index (χ0n) is 24.9. The zero-order chi connectivity index (χ0) is 30.7. The quantitative estimate of drug-likeness (QED) is 0.210. The number of nitrogens with one attached hydrogen (secondary N) is 2. The van der Waals surface area contributed by atoms with Gasteiger partial charge in [-0.1, -0.05) is 30.3 Å². The topological polar surface area (TPSA) is 131 Å². The van der Waals surface area contributed by atoms with Crippen LogP contribution in [0.4, 0.5) is 0 Å². The third-order valence-electron chi connectivity index (χ3n) is 8.73. The van der Waals surface area contributed by atoms with E-state index in [1.54, 1.807) is 12.1 Å². The maximum atomic E-state index is 13.0. The number of rotatable bonds is 9. The summed E-state index contributed by atoms with van der Waals surface area (Å²) in [5.41, 5.74) is 3.44. The predicted octanol–water partition coefficient (Wildman–Crippen LogP) is 3.37. The number of hydrogen-bond donors (Lipinski definition) is 4. The van der Waals surface area contributed by atoms with Gasteiger partial charge in [0.05, 0.1) is 35.4 Å². The van der Waals surface area contributed by atoms with Crippen LogP contribution in [0.1, 0.15) is 51.1 Å². The predicted molar refractivity (Wildman–Crippen MR) is 170 cm³/mol. The van der Waals surface area contributed by atoms with Gasteiger partial charge in [-0.3, -0.25) is 14.5 Å². The second kappa shape index (κ2) is 13.2. The molecular formula is C33H39N5O5S. The van der Waals surface area contributed by atoms with E-state index in [9.17, 15) is 19.8 Å². The highest BCUT2D eigenvalue weighted by Crippen LogP contribution is 2.32. The number of carbonyl (C=O) groups excluding carboxylic acids is 1. The van der Waals surface area contributed by atoms with Crippen LogP contribution in [0.2, 0.25) is 0 Å². The van der Waals surface area contributed by atoms with E-state index < -0.39 is 6.10 Å². The molecular weight excluding hydrogens is 578 g/mol. The number of likely N-dealkylation sites (tertiary alicyclic amines) is 1. The summed E-state index contributed by atoms with van der Waals surface area (Å²) in [7, 11) is 0. The highest BCUT2D eigenvalue weighted by atomic mass is 32.1. The summed E-state index contributed by atoms with van der Waals surface area (Å²) in [6.07, 6.45) is 1.83. The number of piperidine rings is 1. The monoisotopic (exact) mass is 617 g/mol. The fraction of sp³-hybridized carbons (Fsp3) is 0.424. The standard InChI is InChI=1S/C33H39N5O5S/c1-22-35-27(20-44-22)32(42)38-15-16-43-33(21-38)10-13-37(14-11-33)19-24-4-2-3-23(17-24)9-12-34-18-29(40)25-5-7-28(39)31-26(25)6-8-30(41)36-31/h2-8,17,20,29,34,39-40H,9-16,18-19,21H2,1H3,(H,36,41). The van der Waals surface area contributed by atoms with Crippen LogP contribution in [0.5, 0.6) is 5.75 Å². The van der Waals surface area contributed by atoms with Crippen molar-refractivity contribution in [1.29, 1.82) is 0 Å². The molecule has 44 heavy (non-hydrogen) atoms. The van der Waals surface area contributed by atoms with E-state index in [1.165, 1.54) is 34.6 Å². The molecule has 0 radical (unpaired) electrons. The third-order valence-corrected chi connectivity index (χ3v) is 9.51. The molecule has 2 aromatic heterocycles. The van der Waals surface area contributed by atoms with E-state index in [1.807, 2.05) is 17.2 Å². The van der Waals surface area contributed by atoms with E-state index in [4.69, 9.17) is 4.74 Å². The van der Waals surface area contributed by atoms with Gasteiger partial charge in [0.1, 0.15) is 11.4 Å². The number of aliphatic hydroxyl groups excluding tert-OH is 1. The number of carbonyl (C=O) groups is 1. The van der Waals surface area contributed by atoms with Crippen LogP contribution in [-0.4, -0.2) is 87.4 Å². The van der Waals surface area contributed by atoms with Crippen LogP contribution in [0, 0.1) is 6.92 Å². The first-order valence-corrected chi connectivity index (χ1v) is 16.1. The number of aryl methyl sites for hydroxylation is 1. The molecule has 11 heteroatoms. The van der Waals surface area contributed by atoms with E-state index in [2.05, 4.69) is 44.5 Å². The normalized spacial score (nSPS) is 17.7. The number of thiazole rings is 1. The SMILES string of the molecule is Cc1nc(C(=O)N2CCOC3(CCN(Cc4cccc(CCNCC(O)c5ccc(O)c6[nH]c(=O)ccc56)c4)CC3)C2)cs1. The van der Waals surface area contributed by atoms with Gasteiger partial charge < -0.3 is 30.2 Å². The fourth-order valence-corrected chi connectivity index (χ4v) is 6.92.